The number of rotatable bonds is 4. The van der Waals surface area contributed by atoms with Crippen LogP contribution in [0.2, 0.25) is 0 Å². The molecule has 2 aromatic rings. The van der Waals surface area contributed by atoms with Crippen molar-refractivity contribution >= 4 is 33.0 Å². The van der Waals surface area contributed by atoms with E-state index in [2.05, 4.69) is 26.8 Å². The SMILES string of the molecule is CCC(C)N(CC)C(=O)c1sc2c(C)cccc2c1N. The summed E-state index contributed by atoms with van der Waals surface area (Å²) in [5, 5.41) is 0.999. The minimum Gasteiger partial charge on any atom is -0.397 e. The van der Waals surface area contributed by atoms with E-state index in [1.54, 1.807) is 0 Å². The summed E-state index contributed by atoms with van der Waals surface area (Å²) in [4.78, 5) is 15.3. The monoisotopic (exact) mass is 290 g/mol. The van der Waals surface area contributed by atoms with Gasteiger partial charge in [0.25, 0.3) is 5.91 Å². The Morgan fingerprint density at radius 3 is 2.65 bits per heavy atom. The largest absolute Gasteiger partial charge is 0.397 e. The lowest BCUT2D eigenvalue weighted by Crippen LogP contribution is -2.37. The van der Waals surface area contributed by atoms with Crippen LogP contribution in [-0.2, 0) is 0 Å². The highest BCUT2D eigenvalue weighted by molar-refractivity contribution is 7.21. The van der Waals surface area contributed by atoms with E-state index in [1.165, 1.54) is 16.9 Å². The van der Waals surface area contributed by atoms with Crippen molar-refractivity contribution in [3.05, 3.63) is 28.6 Å². The average molecular weight is 290 g/mol. The fourth-order valence-electron chi connectivity index (χ4n) is 2.44. The van der Waals surface area contributed by atoms with Gasteiger partial charge in [0.1, 0.15) is 4.88 Å². The maximum atomic E-state index is 12.7. The molecular formula is C16H22N2OS. The van der Waals surface area contributed by atoms with E-state index in [1.807, 2.05) is 24.0 Å². The van der Waals surface area contributed by atoms with E-state index in [0.717, 1.165) is 16.5 Å². The van der Waals surface area contributed by atoms with Crippen LogP contribution in [0.3, 0.4) is 0 Å². The van der Waals surface area contributed by atoms with Crippen LogP contribution >= 0.6 is 11.3 Å². The van der Waals surface area contributed by atoms with Gasteiger partial charge in [-0.25, -0.2) is 0 Å². The molecule has 0 bridgehead atoms. The number of aryl methyl sites for hydroxylation is 1. The Bertz CT molecular complexity index is 633. The smallest absolute Gasteiger partial charge is 0.266 e. The third-order valence-electron chi connectivity index (χ3n) is 3.87. The topological polar surface area (TPSA) is 46.3 Å². The van der Waals surface area contributed by atoms with Crippen LogP contribution in [0.25, 0.3) is 10.1 Å². The van der Waals surface area contributed by atoms with Crippen molar-refractivity contribution in [2.45, 2.75) is 40.2 Å². The molecule has 1 unspecified atom stereocenters. The molecule has 0 aliphatic carbocycles. The highest BCUT2D eigenvalue weighted by atomic mass is 32.1. The summed E-state index contributed by atoms with van der Waals surface area (Å²) in [6.07, 6.45) is 0.948. The van der Waals surface area contributed by atoms with Crippen molar-refractivity contribution in [1.82, 2.24) is 4.90 Å². The van der Waals surface area contributed by atoms with Crippen LogP contribution in [-0.4, -0.2) is 23.4 Å². The quantitative estimate of drug-likeness (QED) is 0.923. The maximum Gasteiger partial charge on any atom is 0.266 e. The second-order valence-corrected chi connectivity index (χ2v) is 6.17. The number of carbonyl (C=O) groups is 1. The summed E-state index contributed by atoms with van der Waals surface area (Å²) in [6, 6.07) is 6.27. The molecule has 4 heteroatoms. The van der Waals surface area contributed by atoms with E-state index in [-0.39, 0.29) is 11.9 Å². The molecule has 1 heterocycles. The zero-order valence-electron chi connectivity index (χ0n) is 12.6. The summed E-state index contributed by atoms with van der Waals surface area (Å²) in [5.41, 5.74) is 8.00. The number of fused-ring (bicyclic) bond motifs is 1. The second kappa shape index (κ2) is 5.83. The van der Waals surface area contributed by atoms with Crippen LogP contribution in [0.4, 0.5) is 5.69 Å². The van der Waals surface area contributed by atoms with Gasteiger partial charge in [0.2, 0.25) is 0 Å². The fraction of sp³-hybridized carbons (Fsp3) is 0.438. The van der Waals surface area contributed by atoms with Crippen molar-refractivity contribution in [3.8, 4) is 0 Å². The lowest BCUT2D eigenvalue weighted by atomic mass is 10.1. The lowest BCUT2D eigenvalue weighted by Gasteiger charge is -2.26. The Hall–Kier alpha value is -1.55. The van der Waals surface area contributed by atoms with E-state index in [4.69, 9.17) is 5.73 Å². The Morgan fingerprint density at radius 1 is 1.40 bits per heavy atom. The number of carbonyl (C=O) groups excluding carboxylic acids is 1. The molecule has 1 aromatic carbocycles. The predicted molar refractivity (Wildman–Crippen MR) is 87.4 cm³/mol. The molecule has 1 aromatic heterocycles. The standard InChI is InChI=1S/C16H22N2OS/c1-5-11(4)18(6-2)16(19)15-13(17)12-9-7-8-10(3)14(12)20-15/h7-9,11H,5-6,17H2,1-4H3. The molecule has 108 valence electrons. The average Bonchev–Trinajstić information content (AvgIpc) is 2.78. The van der Waals surface area contributed by atoms with E-state index in [9.17, 15) is 4.79 Å². The van der Waals surface area contributed by atoms with Crippen molar-refractivity contribution in [3.63, 3.8) is 0 Å². The molecular weight excluding hydrogens is 268 g/mol. The minimum atomic E-state index is 0.0555. The molecule has 0 radical (unpaired) electrons. The molecule has 0 aliphatic rings. The summed E-state index contributed by atoms with van der Waals surface area (Å²) < 4.78 is 1.12. The third kappa shape index (κ3) is 2.40. The van der Waals surface area contributed by atoms with Crippen molar-refractivity contribution < 1.29 is 4.79 Å². The first-order valence-corrected chi connectivity index (χ1v) is 7.91. The second-order valence-electron chi connectivity index (χ2n) is 5.14. The summed E-state index contributed by atoms with van der Waals surface area (Å²) in [7, 11) is 0. The van der Waals surface area contributed by atoms with Gasteiger partial charge in [0.05, 0.1) is 5.69 Å². The van der Waals surface area contributed by atoms with E-state index < -0.39 is 0 Å². The highest BCUT2D eigenvalue weighted by Gasteiger charge is 2.24. The molecule has 0 spiro atoms. The van der Waals surface area contributed by atoms with Gasteiger partial charge in [-0.15, -0.1) is 11.3 Å². The van der Waals surface area contributed by atoms with Gasteiger partial charge in [0.15, 0.2) is 0 Å². The fourth-order valence-corrected chi connectivity index (χ4v) is 3.59. The Kier molecular flexibility index (Phi) is 4.33. The number of nitrogens with zero attached hydrogens (tertiary/aromatic N) is 1. The molecule has 3 nitrogen and oxygen atoms in total. The number of amides is 1. The van der Waals surface area contributed by atoms with Crippen molar-refractivity contribution in [1.29, 1.82) is 0 Å². The Labute approximate surface area is 124 Å². The molecule has 0 aliphatic heterocycles. The summed E-state index contributed by atoms with van der Waals surface area (Å²) in [6.45, 7) is 8.95. The number of hydrogen-bond donors (Lipinski definition) is 1. The van der Waals surface area contributed by atoms with Crippen LogP contribution in [0.1, 0.15) is 42.4 Å². The molecule has 2 rings (SSSR count). The van der Waals surface area contributed by atoms with Gasteiger partial charge < -0.3 is 10.6 Å². The summed E-state index contributed by atoms with van der Waals surface area (Å²) >= 11 is 1.51. The van der Waals surface area contributed by atoms with Gasteiger partial charge in [-0.1, -0.05) is 25.1 Å². The molecule has 1 amide bonds. The Balaban J connectivity index is 2.50. The van der Waals surface area contributed by atoms with Crippen LogP contribution in [0, 0.1) is 6.92 Å². The Morgan fingerprint density at radius 2 is 2.10 bits per heavy atom. The number of nitrogen functional groups attached to an aromatic ring is 1. The van der Waals surface area contributed by atoms with E-state index >= 15 is 0 Å². The molecule has 0 fully saturated rings. The lowest BCUT2D eigenvalue weighted by molar-refractivity contribution is 0.0706. The number of hydrogen-bond acceptors (Lipinski definition) is 3. The number of benzene rings is 1. The first-order valence-electron chi connectivity index (χ1n) is 7.09. The summed E-state index contributed by atoms with van der Waals surface area (Å²) in [5.74, 6) is 0.0555. The molecule has 0 saturated carbocycles. The van der Waals surface area contributed by atoms with Crippen molar-refractivity contribution in [2.24, 2.45) is 0 Å². The van der Waals surface area contributed by atoms with Gasteiger partial charge in [-0.05, 0) is 32.8 Å². The van der Waals surface area contributed by atoms with Gasteiger partial charge >= 0.3 is 0 Å². The molecule has 2 N–H and O–H groups in total. The predicted octanol–water partition coefficient (Wildman–Crippen LogP) is 4.05. The zero-order valence-corrected chi connectivity index (χ0v) is 13.4. The number of anilines is 1. The van der Waals surface area contributed by atoms with Gasteiger partial charge in [0, 0.05) is 22.7 Å². The molecule has 1 atom stereocenters. The zero-order chi connectivity index (χ0) is 14.9. The molecule has 0 saturated heterocycles. The molecule has 20 heavy (non-hydrogen) atoms. The normalized spacial score (nSPS) is 12.6. The maximum absolute atomic E-state index is 12.7. The van der Waals surface area contributed by atoms with Crippen LogP contribution in [0.5, 0.6) is 0 Å². The minimum absolute atomic E-state index is 0.0555. The first kappa shape index (κ1) is 14.9. The van der Waals surface area contributed by atoms with Crippen molar-refractivity contribution in [2.75, 3.05) is 12.3 Å². The number of thiophene rings is 1. The van der Waals surface area contributed by atoms with Crippen LogP contribution in [0.15, 0.2) is 18.2 Å². The van der Waals surface area contributed by atoms with Gasteiger partial charge in [-0.2, -0.15) is 0 Å². The van der Waals surface area contributed by atoms with Crippen LogP contribution < -0.4 is 5.73 Å². The third-order valence-corrected chi connectivity index (χ3v) is 5.21. The number of nitrogens with two attached hydrogens (primary N) is 1. The highest BCUT2D eigenvalue weighted by Crippen LogP contribution is 2.36. The first-order chi connectivity index (χ1) is 9.51. The van der Waals surface area contributed by atoms with E-state index in [0.29, 0.717) is 17.1 Å². The van der Waals surface area contributed by atoms with Gasteiger partial charge in [-0.3, -0.25) is 4.79 Å².